The Balaban J connectivity index is 1.30. The van der Waals surface area contributed by atoms with Gasteiger partial charge in [0.25, 0.3) is 5.91 Å². The summed E-state index contributed by atoms with van der Waals surface area (Å²) < 4.78 is 5.70. The molecule has 2 heterocycles. The number of likely N-dealkylation sites (tertiary alicyclic amines) is 1. The Morgan fingerprint density at radius 1 is 1.00 bits per heavy atom. The van der Waals surface area contributed by atoms with Gasteiger partial charge in [-0.1, -0.05) is 48.5 Å². The summed E-state index contributed by atoms with van der Waals surface area (Å²) in [5.74, 6) is 0.771. The Morgan fingerprint density at radius 2 is 1.76 bits per heavy atom. The number of rotatable bonds is 7. The van der Waals surface area contributed by atoms with Crippen LogP contribution in [0.25, 0.3) is 0 Å². The SMILES string of the molecule is CN1CCC2(C1)CN(Cc1ccccc1)c1ccc(C(=O)NCCOc3ccccc3)cc12. The fraction of sp³-hybridized carbons (Fsp3) is 0.321. The molecule has 0 radical (unpaired) electrons. The summed E-state index contributed by atoms with van der Waals surface area (Å²) in [5.41, 5.74) is 4.70. The summed E-state index contributed by atoms with van der Waals surface area (Å²) in [4.78, 5) is 17.8. The zero-order chi connectivity index (χ0) is 22.7. The third-order valence-electron chi connectivity index (χ3n) is 6.82. The molecule has 1 spiro atoms. The van der Waals surface area contributed by atoms with Crippen molar-refractivity contribution in [3.8, 4) is 5.75 Å². The van der Waals surface area contributed by atoms with Crippen molar-refractivity contribution in [3.63, 3.8) is 0 Å². The molecule has 3 aromatic rings. The van der Waals surface area contributed by atoms with E-state index in [4.69, 9.17) is 4.74 Å². The molecule has 0 saturated carbocycles. The maximum atomic E-state index is 12.9. The maximum absolute atomic E-state index is 12.9. The fourth-order valence-electron chi connectivity index (χ4n) is 5.24. The average Bonchev–Trinajstić information content (AvgIpc) is 3.37. The van der Waals surface area contributed by atoms with Gasteiger partial charge >= 0.3 is 0 Å². The highest BCUT2D eigenvalue weighted by Gasteiger charge is 2.46. The first-order chi connectivity index (χ1) is 16.1. The zero-order valence-electron chi connectivity index (χ0n) is 19.2. The van der Waals surface area contributed by atoms with Crippen molar-refractivity contribution in [1.82, 2.24) is 10.2 Å². The first-order valence-corrected chi connectivity index (χ1v) is 11.7. The van der Waals surface area contributed by atoms with Crippen molar-refractivity contribution in [2.24, 2.45) is 0 Å². The quantitative estimate of drug-likeness (QED) is 0.561. The lowest BCUT2D eigenvalue weighted by atomic mass is 9.81. The molecule has 170 valence electrons. The normalized spacial score (nSPS) is 19.6. The molecule has 1 amide bonds. The largest absolute Gasteiger partial charge is 0.492 e. The van der Waals surface area contributed by atoms with E-state index in [0.717, 1.165) is 43.9 Å². The molecule has 1 saturated heterocycles. The van der Waals surface area contributed by atoms with E-state index in [-0.39, 0.29) is 11.3 Å². The molecule has 0 bridgehead atoms. The van der Waals surface area contributed by atoms with Crippen LogP contribution < -0.4 is 15.0 Å². The van der Waals surface area contributed by atoms with Crippen LogP contribution in [-0.2, 0) is 12.0 Å². The Bertz CT molecular complexity index is 1100. The second kappa shape index (κ2) is 9.28. The number of carbonyl (C=O) groups is 1. The number of likely N-dealkylation sites (N-methyl/N-ethyl adjacent to an activating group) is 1. The van der Waals surface area contributed by atoms with Gasteiger partial charge in [-0.3, -0.25) is 4.79 Å². The van der Waals surface area contributed by atoms with Gasteiger partial charge in [0.15, 0.2) is 0 Å². The van der Waals surface area contributed by atoms with E-state index in [2.05, 4.69) is 64.6 Å². The zero-order valence-corrected chi connectivity index (χ0v) is 19.2. The van der Waals surface area contributed by atoms with E-state index >= 15 is 0 Å². The molecule has 33 heavy (non-hydrogen) atoms. The first kappa shape index (κ1) is 21.5. The van der Waals surface area contributed by atoms with Crippen molar-refractivity contribution in [3.05, 3.63) is 95.6 Å². The number of para-hydroxylation sites is 1. The Kier molecular flexibility index (Phi) is 6.05. The molecular weight excluding hydrogens is 410 g/mol. The number of hydrogen-bond donors (Lipinski definition) is 1. The number of benzene rings is 3. The lowest BCUT2D eigenvalue weighted by Crippen LogP contribution is -2.35. The molecule has 5 rings (SSSR count). The molecule has 2 aliphatic rings. The van der Waals surface area contributed by atoms with Crippen molar-refractivity contribution >= 4 is 11.6 Å². The van der Waals surface area contributed by atoms with Crippen LogP contribution in [0.2, 0.25) is 0 Å². The molecule has 1 unspecified atom stereocenters. The Hall–Kier alpha value is -3.31. The predicted octanol–water partition coefficient (Wildman–Crippen LogP) is 4.09. The lowest BCUT2D eigenvalue weighted by Gasteiger charge is -2.26. The number of nitrogens with zero attached hydrogens (tertiary/aromatic N) is 2. The van der Waals surface area contributed by atoms with Gasteiger partial charge in [-0.15, -0.1) is 0 Å². The van der Waals surface area contributed by atoms with Gasteiger partial charge in [0.2, 0.25) is 0 Å². The fourth-order valence-corrected chi connectivity index (χ4v) is 5.24. The molecular formula is C28H31N3O2. The molecule has 5 nitrogen and oxygen atoms in total. The van der Waals surface area contributed by atoms with Crippen molar-refractivity contribution in [2.45, 2.75) is 18.4 Å². The Morgan fingerprint density at radius 3 is 2.48 bits per heavy atom. The highest BCUT2D eigenvalue weighted by Crippen LogP contribution is 2.47. The van der Waals surface area contributed by atoms with Gasteiger partial charge < -0.3 is 19.9 Å². The number of nitrogens with one attached hydrogen (secondary N) is 1. The summed E-state index contributed by atoms with van der Waals surface area (Å²) in [6.45, 7) is 4.92. The predicted molar refractivity (Wildman–Crippen MR) is 132 cm³/mol. The van der Waals surface area contributed by atoms with E-state index in [0.29, 0.717) is 13.2 Å². The summed E-state index contributed by atoms with van der Waals surface area (Å²) in [6, 6.07) is 26.5. The number of hydrogen-bond acceptors (Lipinski definition) is 4. The number of carbonyl (C=O) groups excluding carboxylic acids is 1. The van der Waals surface area contributed by atoms with Gasteiger partial charge in [0, 0.05) is 36.3 Å². The highest BCUT2D eigenvalue weighted by atomic mass is 16.5. The van der Waals surface area contributed by atoms with Gasteiger partial charge in [-0.25, -0.2) is 0 Å². The molecule has 3 aromatic carbocycles. The van der Waals surface area contributed by atoms with Crippen LogP contribution in [0.15, 0.2) is 78.9 Å². The van der Waals surface area contributed by atoms with Crippen molar-refractivity contribution < 1.29 is 9.53 Å². The van der Waals surface area contributed by atoms with Crippen molar-refractivity contribution in [2.75, 3.05) is 44.7 Å². The highest BCUT2D eigenvalue weighted by molar-refractivity contribution is 5.95. The Labute approximate surface area is 196 Å². The molecule has 1 fully saturated rings. The smallest absolute Gasteiger partial charge is 0.251 e. The van der Waals surface area contributed by atoms with Crippen LogP contribution in [0.5, 0.6) is 5.75 Å². The van der Waals surface area contributed by atoms with Crippen molar-refractivity contribution in [1.29, 1.82) is 0 Å². The first-order valence-electron chi connectivity index (χ1n) is 11.7. The minimum atomic E-state index is -0.0440. The minimum Gasteiger partial charge on any atom is -0.492 e. The van der Waals surface area contributed by atoms with Gasteiger partial charge in [-0.05, 0) is 61.5 Å². The van der Waals surface area contributed by atoms with E-state index in [1.165, 1.54) is 16.8 Å². The summed E-state index contributed by atoms with van der Waals surface area (Å²) in [5, 5.41) is 3.01. The lowest BCUT2D eigenvalue weighted by molar-refractivity contribution is 0.0947. The molecule has 2 aliphatic heterocycles. The van der Waals surface area contributed by atoms with Gasteiger partial charge in [0.05, 0.1) is 6.54 Å². The van der Waals surface area contributed by atoms with E-state index in [1.54, 1.807) is 0 Å². The van der Waals surface area contributed by atoms with Crippen LogP contribution in [0.3, 0.4) is 0 Å². The third kappa shape index (κ3) is 4.60. The van der Waals surface area contributed by atoms with Crippen LogP contribution in [0.4, 0.5) is 5.69 Å². The van der Waals surface area contributed by atoms with Gasteiger partial charge in [-0.2, -0.15) is 0 Å². The molecule has 5 heteroatoms. The van der Waals surface area contributed by atoms with Crippen LogP contribution >= 0.6 is 0 Å². The molecule has 1 atom stereocenters. The summed E-state index contributed by atoms with van der Waals surface area (Å²) in [7, 11) is 2.19. The average molecular weight is 442 g/mol. The second-order valence-corrected chi connectivity index (χ2v) is 9.26. The minimum absolute atomic E-state index is 0.0440. The van der Waals surface area contributed by atoms with E-state index in [1.807, 2.05) is 36.4 Å². The second-order valence-electron chi connectivity index (χ2n) is 9.26. The standard InChI is InChI=1S/C28H31N3O2/c1-30-16-14-28(20-30)21-31(19-22-8-4-2-5-9-22)26-13-12-23(18-25(26)28)27(32)29-15-17-33-24-10-6-3-7-11-24/h2-13,18H,14-17,19-21H2,1H3,(H,29,32). The number of amides is 1. The molecule has 1 N–H and O–H groups in total. The van der Waals surface area contributed by atoms with Gasteiger partial charge in [0.1, 0.15) is 12.4 Å². The topological polar surface area (TPSA) is 44.8 Å². The summed E-state index contributed by atoms with van der Waals surface area (Å²) in [6.07, 6.45) is 1.12. The molecule has 0 aliphatic carbocycles. The number of fused-ring (bicyclic) bond motifs is 2. The maximum Gasteiger partial charge on any atom is 0.251 e. The van der Waals surface area contributed by atoms with Crippen LogP contribution in [0, 0.1) is 0 Å². The van der Waals surface area contributed by atoms with E-state index in [9.17, 15) is 4.79 Å². The van der Waals surface area contributed by atoms with Crippen LogP contribution in [0.1, 0.15) is 27.9 Å². The van der Waals surface area contributed by atoms with Crippen LogP contribution in [-0.4, -0.2) is 50.6 Å². The molecule has 0 aromatic heterocycles. The number of anilines is 1. The third-order valence-corrected chi connectivity index (χ3v) is 6.82. The monoisotopic (exact) mass is 441 g/mol. The number of ether oxygens (including phenoxy) is 1. The summed E-state index contributed by atoms with van der Waals surface area (Å²) >= 11 is 0. The van der Waals surface area contributed by atoms with E-state index < -0.39 is 0 Å².